The van der Waals surface area contributed by atoms with Crippen LogP contribution in [0.4, 0.5) is 5.69 Å². The number of Topliss-reactive ketones (excluding diaryl/α,β-unsaturated/α-hetero) is 1. The minimum Gasteiger partial charge on any atom is -0.507 e. The van der Waals surface area contributed by atoms with Gasteiger partial charge in [0, 0.05) is 17.3 Å². The summed E-state index contributed by atoms with van der Waals surface area (Å²) in [5.74, 6) is -0.430. The summed E-state index contributed by atoms with van der Waals surface area (Å²) < 4.78 is 10.8. The Balaban J connectivity index is 1.92. The molecule has 33 heavy (non-hydrogen) atoms. The van der Waals surface area contributed by atoms with Gasteiger partial charge >= 0.3 is 0 Å². The fourth-order valence-electron chi connectivity index (χ4n) is 4.11. The number of carbonyl (C=O) groups excluding carboxylic acids is 2. The van der Waals surface area contributed by atoms with E-state index in [4.69, 9.17) is 9.47 Å². The van der Waals surface area contributed by atoms with E-state index in [1.165, 1.54) is 4.90 Å². The van der Waals surface area contributed by atoms with Gasteiger partial charge in [0.1, 0.15) is 17.3 Å². The number of ketones is 1. The van der Waals surface area contributed by atoms with Crippen LogP contribution in [0.1, 0.15) is 29.7 Å². The average molecular weight is 443 g/mol. The van der Waals surface area contributed by atoms with Crippen LogP contribution in [0.5, 0.6) is 11.5 Å². The number of aliphatic hydroxyl groups excluding tert-OH is 1. The Morgan fingerprint density at radius 2 is 1.73 bits per heavy atom. The van der Waals surface area contributed by atoms with Gasteiger partial charge in [0.25, 0.3) is 11.7 Å². The molecule has 1 heterocycles. The highest BCUT2D eigenvalue weighted by atomic mass is 16.5. The predicted octanol–water partition coefficient (Wildman–Crippen LogP) is 5.03. The van der Waals surface area contributed by atoms with Gasteiger partial charge in [-0.1, -0.05) is 36.4 Å². The number of benzene rings is 3. The normalized spacial score (nSPS) is 17.3. The molecule has 168 valence electrons. The first-order chi connectivity index (χ1) is 16.0. The number of aliphatic hydroxyl groups is 1. The molecule has 0 saturated carbocycles. The molecule has 3 aromatic rings. The second-order valence-electron chi connectivity index (χ2n) is 7.69. The number of anilines is 1. The molecule has 1 aliphatic heterocycles. The Bertz CT molecular complexity index is 1230. The van der Waals surface area contributed by atoms with E-state index in [1.54, 1.807) is 49.6 Å². The molecule has 6 heteroatoms. The van der Waals surface area contributed by atoms with E-state index in [-0.39, 0.29) is 11.3 Å². The van der Waals surface area contributed by atoms with E-state index >= 15 is 0 Å². The summed E-state index contributed by atoms with van der Waals surface area (Å²) in [6.07, 6.45) is 0. The largest absolute Gasteiger partial charge is 0.507 e. The van der Waals surface area contributed by atoms with E-state index in [2.05, 4.69) is 0 Å². The maximum absolute atomic E-state index is 13.3. The molecule has 0 bridgehead atoms. The fourth-order valence-corrected chi connectivity index (χ4v) is 4.11. The quantitative estimate of drug-likeness (QED) is 0.329. The third kappa shape index (κ3) is 4.07. The van der Waals surface area contributed by atoms with Crippen molar-refractivity contribution in [3.63, 3.8) is 0 Å². The average Bonchev–Trinajstić information content (AvgIpc) is 3.10. The summed E-state index contributed by atoms with van der Waals surface area (Å²) in [6, 6.07) is 20.6. The lowest BCUT2D eigenvalue weighted by molar-refractivity contribution is -0.132. The summed E-state index contributed by atoms with van der Waals surface area (Å²) in [5.41, 5.74) is 2.47. The summed E-state index contributed by atoms with van der Waals surface area (Å²) in [6.45, 7) is 4.16. The van der Waals surface area contributed by atoms with Crippen LogP contribution in [0.15, 0.2) is 78.4 Å². The van der Waals surface area contributed by atoms with Gasteiger partial charge in [-0.25, -0.2) is 0 Å². The van der Waals surface area contributed by atoms with Gasteiger partial charge in [-0.05, 0) is 55.3 Å². The molecule has 0 spiro atoms. The molecular formula is C27H25NO5. The Labute approximate surface area is 192 Å². The zero-order valence-corrected chi connectivity index (χ0v) is 18.7. The predicted molar refractivity (Wildman–Crippen MR) is 127 cm³/mol. The van der Waals surface area contributed by atoms with E-state index in [9.17, 15) is 14.7 Å². The third-order valence-corrected chi connectivity index (χ3v) is 5.66. The minimum atomic E-state index is -0.787. The van der Waals surface area contributed by atoms with E-state index in [0.717, 1.165) is 5.56 Å². The summed E-state index contributed by atoms with van der Waals surface area (Å²) >= 11 is 0. The molecule has 1 unspecified atom stereocenters. The van der Waals surface area contributed by atoms with Gasteiger partial charge in [0.2, 0.25) is 0 Å². The monoisotopic (exact) mass is 443 g/mol. The highest BCUT2D eigenvalue weighted by molar-refractivity contribution is 6.51. The first-order valence-electron chi connectivity index (χ1n) is 10.7. The second-order valence-corrected chi connectivity index (χ2v) is 7.69. The van der Waals surface area contributed by atoms with Gasteiger partial charge in [0.05, 0.1) is 25.3 Å². The van der Waals surface area contributed by atoms with E-state index in [1.807, 2.05) is 44.2 Å². The van der Waals surface area contributed by atoms with Crippen molar-refractivity contribution in [1.29, 1.82) is 0 Å². The first-order valence-corrected chi connectivity index (χ1v) is 10.7. The third-order valence-electron chi connectivity index (χ3n) is 5.66. The summed E-state index contributed by atoms with van der Waals surface area (Å²) in [4.78, 5) is 27.9. The van der Waals surface area contributed by atoms with Gasteiger partial charge in [-0.3, -0.25) is 14.5 Å². The highest BCUT2D eigenvalue weighted by Gasteiger charge is 2.47. The highest BCUT2D eigenvalue weighted by Crippen LogP contribution is 2.43. The van der Waals surface area contributed by atoms with Gasteiger partial charge < -0.3 is 14.6 Å². The number of carbonyl (C=O) groups is 2. The van der Waals surface area contributed by atoms with Crippen molar-refractivity contribution in [2.45, 2.75) is 19.9 Å². The van der Waals surface area contributed by atoms with Crippen molar-refractivity contribution in [1.82, 2.24) is 0 Å². The SMILES string of the molecule is CCOc1cccc(N2C(=O)C(=O)/C(=C(\O)c3ccc(OC)cc3C)C2c2ccccc2)c1. The Hall–Kier alpha value is -4.06. The lowest BCUT2D eigenvalue weighted by Gasteiger charge is -2.26. The molecule has 1 saturated heterocycles. The van der Waals surface area contributed by atoms with Crippen LogP contribution in [-0.4, -0.2) is 30.5 Å². The molecule has 4 rings (SSSR count). The minimum absolute atomic E-state index is 0.0429. The molecule has 1 atom stereocenters. The molecule has 6 nitrogen and oxygen atoms in total. The number of aryl methyl sites for hydroxylation is 1. The summed E-state index contributed by atoms with van der Waals surface area (Å²) in [5, 5.41) is 11.3. The number of nitrogens with zero attached hydrogens (tertiary/aromatic N) is 1. The second kappa shape index (κ2) is 9.20. The molecular weight excluding hydrogens is 418 g/mol. The number of amides is 1. The Kier molecular flexibility index (Phi) is 6.18. The lowest BCUT2D eigenvalue weighted by Crippen LogP contribution is -2.29. The summed E-state index contributed by atoms with van der Waals surface area (Å²) in [7, 11) is 1.56. The standard InChI is InChI=1S/C27H25NO5/c1-4-33-21-12-8-11-19(16-21)28-24(18-9-6-5-7-10-18)23(26(30)27(28)31)25(29)22-14-13-20(32-3)15-17(22)2/h5-16,24,29H,4H2,1-3H3/b25-23-. The Morgan fingerprint density at radius 1 is 0.970 bits per heavy atom. The molecule has 1 N–H and O–H groups in total. The molecule has 3 aromatic carbocycles. The zero-order chi connectivity index (χ0) is 23.5. The van der Waals surface area contributed by atoms with Crippen LogP contribution in [0.3, 0.4) is 0 Å². The topological polar surface area (TPSA) is 76.1 Å². The molecule has 1 amide bonds. The smallest absolute Gasteiger partial charge is 0.300 e. The molecule has 0 aromatic heterocycles. The first kappa shape index (κ1) is 22.1. The van der Waals surface area contributed by atoms with Crippen molar-refractivity contribution in [3.05, 3.63) is 95.1 Å². The van der Waals surface area contributed by atoms with Gasteiger partial charge in [-0.15, -0.1) is 0 Å². The number of hydrogen-bond donors (Lipinski definition) is 1. The van der Waals surface area contributed by atoms with E-state index < -0.39 is 17.7 Å². The van der Waals surface area contributed by atoms with Crippen LogP contribution < -0.4 is 14.4 Å². The Morgan fingerprint density at radius 3 is 2.39 bits per heavy atom. The fraction of sp³-hybridized carbons (Fsp3) is 0.185. The van der Waals surface area contributed by atoms with Crippen LogP contribution in [-0.2, 0) is 9.59 Å². The van der Waals surface area contributed by atoms with Crippen molar-refractivity contribution in [2.75, 3.05) is 18.6 Å². The van der Waals surface area contributed by atoms with E-state index in [0.29, 0.717) is 34.9 Å². The van der Waals surface area contributed by atoms with Crippen molar-refractivity contribution >= 4 is 23.1 Å². The van der Waals surface area contributed by atoms with Crippen molar-refractivity contribution in [3.8, 4) is 11.5 Å². The number of ether oxygens (including phenoxy) is 2. The maximum Gasteiger partial charge on any atom is 0.300 e. The molecule has 1 fully saturated rings. The van der Waals surface area contributed by atoms with Crippen LogP contribution in [0, 0.1) is 6.92 Å². The van der Waals surface area contributed by atoms with Gasteiger partial charge in [-0.2, -0.15) is 0 Å². The maximum atomic E-state index is 13.3. The molecule has 0 aliphatic carbocycles. The van der Waals surface area contributed by atoms with Crippen LogP contribution >= 0.6 is 0 Å². The number of methoxy groups -OCH3 is 1. The zero-order valence-electron chi connectivity index (χ0n) is 18.7. The molecule has 1 aliphatic rings. The number of hydrogen-bond acceptors (Lipinski definition) is 5. The van der Waals surface area contributed by atoms with Crippen molar-refractivity contribution < 1.29 is 24.2 Å². The van der Waals surface area contributed by atoms with Crippen LogP contribution in [0.25, 0.3) is 5.76 Å². The van der Waals surface area contributed by atoms with Crippen molar-refractivity contribution in [2.24, 2.45) is 0 Å². The van der Waals surface area contributed by atoms with Crippen LogP contribution in [0.2, 0.25) is 0 Å². The van der Waals surface area contributed by atoms with Gasteiger partial charge in [0.15, 0.2) is 0 Å². The molecule has 0 radical (unpaired) electrons. The lowest BCUT2D eigenvalue weighted by atomic mass is 9.93. The number of rotatable bonds is 6.